The van der Waals surface area contributed by atoms with Crippen molar-refractivity contribution in [3.05, 3.63) is 41.5 Å². The second-order valence-corrected chi connectivity index (χ2v) is 7.47. The predicted molar refractivity (Wildman–Crippen MR) is 110 cm³/mol. The van der Waals surface area contributed by atoms with E-state index < -0.39 is 0 Å². The summed E-state index contributed by atoms with van der Waals surface area (Å²) in [6.45, 7) is 6.19. The molecule has 140 valence electrons. The van der Waals surface area contributed by atoms with Crippen molar-refractivity contribution in [3.63, 3.8) is 0 Å². The van der Waals surface area contributed by atoms with Crippen LogP contribution < -0.4 is 5.32 Å². The summed E-state index contributed by atoms with van der Waals surface area (Å²) >= 11 is 1.49. The van der Waals surface area contributed by atoms with Crippen LogP contribution in [-0.4, -0.2) is 27.1 Å². The van der Waals surface area contributed by atoms with Crippen LogP contribution in [0.25, 0.3) is 16.7 Å². The van der Waals surface area contributed by atoms with Gasteiger partial charge in [0.05, 0.1) is 27.4 Å². The van der Waals surface area contributed by atoms with Crippen LogP contribution in [0.4, 0.5) is 0 Å². The lowest BCUT2D eigenvalue weighted by atomic mass is 10.1. The fourth-order valence-corrected chi connectivity index (χ4v) is 4.16. The van der Waals surface area contributed by atoms with Gasteiger partial charge in [0.15, 0.2) is 5.65 Å². The van der Waals surface area contributed by atoms with Gasteiger partial charge in [-0.3, -0.25) is 9.20 Å². The largest absolute Gasteiger partial charge is 0.353 e. The van der Waals surface area contributed by atoms with Gasteiger partial charge in [-0.25, -0.2) is 4.98 Å². The number of aromatic nitrogens is 2. The highest BCUT2D eigenvalue weighted by molar-refractivity contribution is 7.99. The number of fused-ring (bicyclic) bond motifs is 3. The monoisotopic (exact) mass is 380 g/mol. The number of nitrogens with zero attached hydrogens (tertiary/aromatic N) is 3. The highest BCUT2D eigenvalue weighted by Gasteiger charge is 2.17. The van der Waals surface area contributed by atoms with E-state index in [0.29, 0.717) is 17.0 Å². The Labute approximate surface area is 163 Å². The average Bonchev–Trinajstić information content (AvgIpc) is 3.09. The molecule has 0 aliphatic rings. The van der Waals surface area contributed by atoms with Crippen molar-refractivity contribution in [3.8, 4) is 6.07 Å². The molecule has 5 nitrogen and oxygen atoms in total. The van der Waals surface area contributed by atoms with Gasteiger partial charge in [-0.2, -0.15) is 5.26 Å². The summed E-state index contributed by atoms with van der Waals surface area (Å²) in [5.41, 5.74) is 4.05. The molecule has 0 spiro atoms. The number of rotatable bonds is 7. The lowest BCUT2D eigenvalue weighted by Crippen LogP contribution is -2.35. The molecule has 6 heteroatoms. The first-order valence-corrected chi connectivity index (χ1v) is 10.4. The third-order valence-corrected chi connectivity index (χ3v) is 5.82. The summed E-state index contributed by atoms with van der Waals surface area (Å²) in [7, 11) is 0. The van der Waals surface area contributed by atoms with E-state index in [9.17, 15) is 10.1 Å². The number of hydrogen-bond acceptors (Lipinski definition) is 4. The highest BCUT2D eigenvalue weighted by Crippen LogP contribution is 2.29. The summed E-state index contributed by atoms with van der Waals surface area (Å²) in [5.74, 6) is 0.376. The number of amides is 1. The smallest absolute Gasteiger partial charge is 0.230 e. The van der Waals surface area contributed by atoms with E-state index in [1.165, 1.54) is 11.8 Å². The predicted octanol–water partition coefficient (Wildman–Crippen LogP) is 4.32. The summed E-state index contributed by atoms with van der Waals surface area (Å²) < 4.78 is 2.00. The number of hydrogen-bond donors (Lipinski definition) is 1. The molecule has 0 saturated heterocycles. The van der Waals surface area contributed by atoms with Crippen LogP contribution in [0.15, 0.2) is 35.4 Å². The third kappa shape index (κ3) is 3.79. The summed E-state index contributed by atoms with van der Waals surface area (Å²) in [4.78, 5) is 17.0. The molecule has 0 saturated carbocycles. The molecule has 1 aromatic carbocycles. The Bertz CT molecular complexity index is 1010. The lowest BCUT2D eigenvalue weighted by molar-refractivity contribution is -0.119. The maximum atomic E-state index is 12.4. The van der Waals surface area contributed by atoms with E-state index in [1.54, 1.807) is 0 Å². The lowest BCUT2D eigenvalue weighted by Gasteiger charge is -2.15. The Kier molecular flexibility index (Phi) is 6.02. The van der Waals surface area contributed by atoms with Crippen LogP contribution in [0, 0.1) is 11.3 Å². The van der Waals surface area contributed by atoms with E-state index in [2.05, 4.69) is 30.2 Å². The summed E-state index contributed by atoms with van der Waals surface area (Å²) in [5, 5.41) is 13.7. The van der Waals surface area contributed by atoms with Gasteiger partial charge in [-0.1, -0.05) is 44.7 Å². The van der Waals surface area contributed by atoms with E-state index in [-0.39, 0.29) is 11.9 Å². The quantitative estimate of drug-likeness (QED) is 0.620. The van der Waals surface area contributed by atoms with Crippen molar-refractivity contribution in [2.24, 2.45) is 0 Å². The molecule has 2 aromatic heterocycles. The summed E-state index contributed by atoms with van der Waals surface area (Å²) in [6, 6.07) is 12.4. The van der Waals surface area contributed by atoms with Gasteiger partial charge >= 0.3 is 0 Å². The summed E-state index contributed by atoms with van der Waals surface area (Å²) in [6.07, 6.45) is 2.61. The minimum Gasteiger partial charge on any atom is -0.353 e. The maximum Gasteiger partial charge on any atom is 0.230 e. The minimum atomic E-state index is 0.0358. The van der Waals surface area contributed by atoms with E-state index in [4.69, 9.17) is 0 Å². The first-order chi connectivity index (χ1) is 13.1. The number of pyridine rings is 1. The number of para-hydroxylation sites is 2. The number of nitrogens with one attached hydrogen (secondary N) is 1. The van der Waals surface area contributed by atoms with Crippen molar-refractivity contribution in [1.29, 1.82) is 5.26 Å². The van der Waals surface area contributed by atoms with Crippen molar-refractivity contribution in [1.82, 2.24) is 14.7 Å². The number of aryl methyl sites for hydroxylation is 1. The normalized spacial score (nSPS) is 11.2. The van der Waals surface area contributed by atoms with Gasteiger partial charge in [0.1, 0.15) is 6.07 Å². The molecule has 1 amide bonds. The minimum absolute atomic E-state index is 0.0358. The van der Waals surface area contributed by atoms with E-state index in [0.717, 1.165) is 40.9 Å². The van der Waals surface area contributed by atoms with Crippen molar-refractivity contribution >= 4 is 34.3 Å². The molecular formula is C21H24N4OS. The van der Waals surface area contributed by atoms with Crippen LogP contribution in [-0.2, 0) is 11.2 Å². The number of benzene rings is 1. The Morgan fingerprint density at radius 2 is 2.04 bits per heavy atom. The molecule has 2 heterocycles. The van der Waals surface area contributed by atoms with Gasteiger partial charge in [0.2, 0.25) is 5.91 Å². The Morgan fingerprint density at radius 1 is 1.30 bits per heavy atom. The fraction of sp³-hybridized carbons (Fsp3) is 0.381. The average molecular weight is 381 g/mol. The molecule has 3 aromatic rings. The zero-order valence-corrected chi connectivity index (χ0v) is 16.8. The van der Waals surface area contributed by atoms with Crippen LogP contribution >= 0.6 is 11.8 Å². The van der Waals surface area contributed by atoms with Gasteiger partial charge < -0.3 is 5.32 Å². The molecule has 0 bridgehead atoms. The number of nitriles is 1. The second-order valence-electron chi connectivity index (χ2n) is 6.48. The van der Waals surface area contributed by atoms with Crippen LogP contribution in [0.2, 0.25) is 0 Å². The number of carbonyl (C=O) groups excluding carboxylic acids is 1. The van der Waals surface area contributed by atoms with Crippen molar-refractivity contribution in [2.75, 3.05) is 5.75 Å². The maximum absolute atomic E-state index is 12.4. The zero-order chi connectivity index (χ0) is 19.4. The molecule has 0 unspecified atom stereocenters. The first-order valence-electron chi connectivity index (χ1n) is 9.38. The molecule has 0 fully saturated rings. The molecule has 1 N–H and O–H groups in total. The van der Waals surface area contributed by atoms with Crippen LogP contribution in [0.1, 0.15) is 44.7 Å². The fourth-order valence-electron chi connectivity index (χ4n) is 3.25. The number of imidazole rings is 1. The van der Waals surface area contributed by atoms with Crippen LogP contribution in [0.3, 0.4) is 0 Å². The van der Waals surface area contributed by atoms with E-state index >= 15 is 0 Å². The van der Waals surface area contributed by atoms with Gasteiger partial charge in [0, 0.05) is 6.04 Å². The van der Waals surface area contributed by atoms with Crippen molar-refractivity contribution in [2.45, 2.75) is 51.1 Å². The van der Waals surface area contributed by atoms with Gasteiger partial charge in [0.25, 0.3) is 0 Å². The molecule has 27 heavy (non-hydrogen) atoms. The Morgan fingerprint density at radius 3 is 2.70 bits per heavy atom. The van der Waals surface area contributed by atoms with Gasteiger partial charge in [-0.05, 0) is 43.0 Å². The topological polar surface area (TPSA) is 70.2 Å². The van der Waals surface area contributed by atoms with Crippen LogP contribution in [0.5, 0.6) is 0 Å². The molecule has 0 aliphatic carbocycles. The Hall–Kier alpha value is -2.52. The molecular weight excluding hydrogens is 356 g/mol. The zero-order valence-electron chi connectivity index (χ0n) is 16.0. The number of thioether (sulfide) groups is 1. The Balaban J connectivity index is 2.02. The molecule has 0 radical (unpaired) electrons. The second kappa shape index (κ2) is 8.45. The molecule has 0 aliphatic heterocycles. The molecule has 3 rings (SSSR count). The highest BCUT2D eigenvalue weighted by atomic mass is 32.2. The standard InChI is InChI=1S/C21H24N4OS/c1-4-14-11-20(27-13-19(26)23-15(5-2)6-3)25-18-10-8-7-9-17(18)24-21(25)16(14)12-22/h7-11,15H,4-6,13H2,1-3H3,(H,23,26). The SMILES string of the molecule is CCc1cc(SCC(=O)NC(CC)CC)n2c(nc3ccccc32)c1C#N. The number of carbonyl (C=O) groups is 1. The van der Waals surface area contributed by atoms with Gasteiger partial charge in [-0.15, -0.1) is 0 Å². The third-order valence-electron chi connectivity index (χ3n) is 4.82. The van der Waals surface area contributed by atoms with E-state index in [1.807, 2.05) is 41.7 Å². The first kappa shape index (κ1) is 19.2. The van der Waals surface area contributed by atoms with Crippen molar-refractivity contribution < 1.29 is 4.79 Å². The molecule has 0 atom stereocenters.